The largest absolute Gasteiger partial charge is 0.473 e. The molecular weight excluding hydrogens is 429 g/mol. The molecule has 1 aliphatic rings. The van der Waals surface area contributed by atoms with Crippen molar-refractivity contribution in [3.05, 3.63) is 35.7 Å². The van der Waals surface area contributed by atoms with Crippen LogP contribution in [0.15, 0.2) is 34.8 Å². The van der Waals surface area contributed by atoms with Crippen LogP contribution in [0.1, 0.15) is 19.8 Å². The van der Waals surface area contributed by atoms with Crippen molar-refractivity contribution in [1.29, 1.82) is 0 Å². The van der Waals surface area contributed by atoms with Crippen molar-refractivity contribution >= 4 is 37.3 Å². The molecule has 0 radical (unpaired) electrons. The number of halogens is 1. The molecule has 1 aromatic carbocycles. The van der Waals surface area contributed by atoms with Crippen LogP contribution in [0, 0.1) is 5.82 Å². The summed E-state index contributed by atoms with van der Waals surface area (Å²) in [6, 6.07) is 3.86. The van der Waals surface area contributed by atoms with Gasteiger partial charge in [0.15, 0.2) is 9.84 Å². The molecule has 3 heterocycles. The van der Waals surface area contributed by atoms with Crippen molar-refractivity contribution in [3.63, 3.8) is 0 Å². The van der Waals surface area contributed by atoms with Crippen LogP contribution < -0.4 is 4.74 Å². The fourth-order valence-corrected chi connectivity index (χ4v) is 5.08. The summed E-state index contributed by atoms with van der Waals surface area (Å²) in [5.41, 5.74) is 1.39. The minimum atomic E-state index is -3.49. The maximum Gasteiger partial charge on any atom is 0.235 e. The first-order valence-corrected chi connectivity index (χ1v) is 12.2. The van der Waals surface area contributed by atoms with E-state index in [1.54, 1.807) is 17.2 Å². The molecule has 4 rings (SSSR count). The van der Waals surface area contributed by atoms with Gasteiger partial charge in [-0.25, -0.2) is 22.8 Å². The maximum absolute atomic E-state index is 14.7. The number of carbonyl (C=O) groups is 1. The first kappa shape index (κ1) is 20.7. The Morgan fingerprint density at radius 3 is 2.60 bits per heavy atom. The summed E-state index contributed by atoms with van der Waals surface area (Å²) in [5.74, 6) is -0.134. The van der Waals surface area contributed by atoms with E-state index in [1.165, 1.54) is 29.8 Å². The Morgan fingerprint density at radius 2 is 1.97 bits per heavy atom. The highest BCUT2D eigenvalue weighted by molar-refractivity contribution is 7.90. The molecule has 7 nitrogen and oxygen atoms in total. The topological polar surface area (TPSA) is 89.5 Å². The Morgan fingerprint density at radius 1 is 1.23 bits per heavy atom. The molecule has 2 aromatic heterocycles. The zero-order valence-corrected chi connectivity index (χ0v) is 18.1. The number of piperidine rings is 1. The Balaban J connectivity index is 1.62. The number of nitrogens with zero attached hydrogens (tertiary/aromatic N) is 3. The molecule has 0 bridgehead atoms. The molecular formula is C20H20FN3O4S2. The molecule has 0 aliphatic carbocycles. The molecule has 158 valence electrons. The van der Waals surface area contributed by atoms with Crippen molar-refractivity contribution < 1.29 is 22.3 Å². The lowest BCUT2D eigenvalue weighted by molar-refractivity contribution is -0.130. The Bertz CT molecular complexity index is 1220. The Labute approximate surface area is 177 Å². The van der Waals surface area contributed by atoms with Crippen LogP contribution in [0.25, 0.3) is 21.3 Å². The SMILES string of the molecule is CC(=O)N1CCC(Oc2ncnc3c(-c4ccc(S(C)(=O)=O)cc4F)csc23)CC1. The zero-order chi connectivity index (χ0) is 21.5. The van der Waals surface area contributed by atoms with E-state index < -0.39 is 15.7 Å². The predicted molar refractivity (Wildman–Crippen MR) is 112 cm³/mol. The van der Waals surface area contributed by atoms with E-state index in [1.807, 2.05) is 0 Å². The minimum absolute atomic E-state index is 0.0599. The van der Waals surface area contributed by atoms with Crippen LogP contribution in [0.4, 0.5) is 4.39 Å². The Hall–Kier alpha value is -2.59. The number of benzene rings is 1. The van der Waals surface area contributed by atoms with E-state index in [-0.39, 0.29) is 22.5 Å². The lowest BCUT2D eigenvalue weighted by atomic mass is 10.1. The monoisotopic (exact) mass is 449 g/mol. The highest BCUT2D eigenvalue weighted by Crippen LogP contribution is 2.38. The van der Waals surface area contributed by atoms with Gasteiger partial charge in [0.2, 0.25) is 11.8 Å². The second-order valence-electron chi connectivity index (χ2n) is 7.24. The molecule has 1 saturated heterocycles. The van der Waals surface area contributed by atoms with Crippen LogP contribution >= 0.6 is 11.3 Å². The third kappa shape index (κ3) is 4.01. The van der Waals surface area contributed by atoms with E-state index in [9.17, 15) is 17.6 Å². The number of hydrogen-bond donors (Lipinski definition) is 0. The molecule has 3 aromatic rings. The fraction of sp³-hybridized carbons (Fsp3) is 0.350. The number of likely N-dealkylation sites (tertiary alicyclic amines) is 1. The summed E-state index contributed by atoms with van der Waals surface area (Å²) in [4.78, 5) is 21.8. The average Bonchev–Trinajstić information content (AvgIpc) is 3.12. The number of sulfone groups is 1. The van der Waals surface area contributed by atoms with Crippen molar-refractivity contribution in [2.24, 2.45) is 0 Å². The van der Waals surface area contributed by atoms with Gasteiger partial charge >= 0.3 is 0 Å². The summed E-state index contributed by atoms with van der Waals surface area (Å²) in [6.45, 7) is 2.84. The van der Waals surface area contributed by atoms with E-state index in [0.717, 1.165) is 12.3 Å². The zero-order valence-electron chi connectivity index (χ0n) is 16.5. The summed E-state index contributed by atoms with van der Waals surface area (Å²) in [6.07, 6.45) is 3.78. The third-order valence-corrected chi connectivity index (χ3v) is 7.21. The molecule has 30 heavy (non-hydrogen) atoms. The summed E-state index contributed by atoms with van der Waals surface area (Å²) < 4.78 is 44.8. The number of amides is 1. The normalized spacial score (nSPS) is 15.5. The number of ether oxygens (including phenoxy) is 1. The predicted octanol–water partition coefficient (Wildman–Crippen LogP) is 3.29. The van der Waals surface area contributed by atoms with Gasteiger partial charge in [-0.3, -0.25) is 4.79 Å². The average molecular weight is 450 g/mol. The highest BCUT2D eigenvalue weighted by atomic mass is 32.2. The van der Waals surface area contributed by atoms with Crippen molar-refractivity contribution in [3.8, 4) is 17.0 Å². The number of fused-ring (bicyclic) bond motifs is 1. The second kappa shape index (κ2) is 7.92. The smallest absolute Gasteiger partial charge is 0.235 e. The van der Waals surface area contributed by atoms with Gasteiger partial charge in [0, 0.05) is 55.6 Å². The number of hydrogen-bond acceptors (Lipinski definition) is 7. The molecule has 0 atom stereocenters. The molecule has 0 unspecified atom stereocenters. The molecule has 0 N–H and O–H groups in total. The van der Waals surface area contributed by atoms with E-state index in [0.29, 0.717) is 47.6 Å². The molecule has 1 fully saturated rings. The first-order valence-electron chi connectivity index (χ1n) is 9.38. The van der Waals surface area contributed by atoms with E-state index >= 15 is 0 Å². The molecule has 1 amide bonds. The number of rotatable bonds is 4. The lowest BCUT2D eigenvalue weighted by Crippen LogP contribution is -2.40. The minimum Gasteiger partial charge on any atom is -0.473 e. The van der Waals surface area contributed by atoms with Crippen molar-refractivity contribution in [1.82, 2.24) is 14.9 Å². The van der Waals surface area contributed by atoms with Gasteiger partial charge in [0.1, 0.15) is 22.9 Å². The third-order valence-electron chi connectivity index (χ3n) is 5.15. The van der Waals surface area contributed by atoms with Crippen LogP contribution in [0.2, 0.25) is 0 Å². The van der Waals surface area contributed by atoms with E-state index in [4.69, 9.17) is 4.74 Å². The molecule has 10 heteroatoms. The van der Waals surface area contributed by atoms with Crippen molar-refractivity contribution in [2.75, 3.05) is 19.3 Å². The standard InChI is InChI=1S/C20H20FN3O4S2/c1-12(25)24-7-5-13(6-8-24)28-20-19-18(22-11-23-20)16(10-29-19)15-4-3-14(9-17(15)21)30(2,26)27/h3-4,9-11,13H,5-8H2,1-2H3. The highest BCUT2D eigenvalue weighted by Gasteiger charge is 2.24. The van der Waals surface area contributed by atoms with Crippen LogP contribution in [-0.2, 0) is 14.6 Å². The maximum atomic E-state index is 14.7. The molecule has 1 aliphatic heterocycles. The number of carbonyl (C=O) groups excluding carboxylic acids is 1. The fourth-order valence-electron chi connectivity index (χ4n) is 3.50. The van der Waals surface area contributed by atoms with Crippen molar-refractivity contribution in [2.45, 2.75) is 30.8 Å². The van der Waals surface area contributed by atoms with Crippen LogP contribution in [0.3, 0.4) is 0 Å². The Kier molecular flexibility index (Phi) is 5.46. The van der Waals surface area contributed by atoms with Gasteiger partial charge in [-0.15, -0.1) is 11.3 Å². The lowest BCUT2D eigenvalue weighted by Gasteiger charge is -2.31. The van der Waals surface area contributed by atoms with Gasteiger partial charge in [0.25, 0.3) is 0 Å². The number of aromatic nitrogens is 2. The van der Waals surface area contributed by atoms with Crippen LogP contribution in [-0.4, -0.2) is 54.6 Å². The second-order valence-corrected chi connectivity index (χ2v) is 10.1. The summed E-state index contributed by atoms with van der Waals surface area (Å²) >= 11 is 1.35. The molecule has 0 spiro atoms. The van der Waals surface area contributed by atoms with Gasteiger partial charge < -0.3 is 9.64 Å². The first-order chi connectivity index (χ1) is 14.2. The summed E-state index contributed by atoms with van der Waals surface area (Å²) in [7, 11) is -3.49. The van der Waals surface area contributed by atoms with E-state index in [2.05, 4.69) is 9.97 Å². The summed E-state index contributed by atoms with van der Waals surface area (Å²) in [5, 5.41) is 1.77. The van der Waals surface area contributed by atoms with Gasteiger partial charge in [-0.2, -0.15) is 0 Å². The van der Waals surface area contributed by atoms with Crippen LogP contribution in [0.5, 0.6) is 5.88 Å². The van der Waals surface area contributed by atoms with Gasteiger partial charge in [0.05, 0.1) is 10.4 Å². The molecule has 0 saturated carbocycles. The van der Waals surface area contributed by atoms with Gasteiger partial charge in [-0.05, 0) is 12.1 Å². The quantitative estimate of drug-likeness (QED) is 0.607. The van der Waals surface area contributed by atoms with Gasteiger partial charge in [-0.1, -0.05) is 6.07 Å². The number of thiophene rings is 1.